The molecule has 0 heterocycles. The molecule has 7 aliphatic rings. The van der Waals surface area contributed by atoms with E-state index in [2.05, 4.69) is 19.9 Å². The molecule has 1 spiro atoms. The van der Waals surface area contributed by atoms with E-state index in [4.69, 9.17) is 4.74 Å². The minimum atomic E-state index is -0.00348. The molecule has 6 saturated carbocycles. The second kappa shape index (κ2) is 5.02. The average molecular weight is 395 g/mol. The minimum Gasteiger partial charge on any atom is -0.461 e. The Morgan fingerprint density at radius 3 is 2.66 bits per heavy atom. The zero-order valence-corrected chi connectivity index (χ0v) is 18.1. The summed E-state index contributed by atoms with van der Waals surface area (Å²) in [6, 6.07) is 0. The van der Waals surface area contributed by atoms with Crippen LogP contribution in [0.3, 0.4) is 0 Å². The van der Waals surface area contributed by atoms with Gasteiger partial charge in [0.15, 0.2) is 5.78 Å². The number of carbonyl (C=O) groups is 2. The van der Waals surface area contributed by atoms with Crippen molar-refractivity contribution in [3.05, 3.63) is 11.6 Å². The first-order valence-electron chi connectivity index (χ1n) is 12.3. The van der Waals surface area contributed by atoms with Crippen LogP contribution >= 0.6 is 0 Å². The lowest BCUT2D eigenvalue weighted by Gasteiger charge is -2.59. The lowest BCUT2D eigenvalue weighted by Crippen LogP contribution is -2.55. The molecule has 0 aromatic heterocycles. The molecule has 156 valence electrons. The van der Waals surface area contributed by atoms with E-state index in [1.165, 1.54) is 25.7 Å². The molecule has 0 aliphatic heterocycles. The molecule has 0 aromatic carbocycles. The van der Waals surface area contributed by atoms with Crippen LogP contribution in [-0.4, -0.2) is 17.9 Å². The molecule has 9 unspecified atom stereocenters. The lowest BCUT2D eigenvalue weighted by atomic mass is 9.45. The molecule has 0 N–H and O–H groups in total. The Hall–Kier alpha value is -1.12. The van der Waals surface area contributed by atoms with E-state index in [0.717, 1.165) is 48.9 Å². The van der Waals surface area contributed by atoms with E-state index in [1.807, 2.05) is 6.92 Å². The van der Waals surface area contributed by atoms with Crippen molar-refractivity contribution in [2.75, 3.05) is 0 Å². The first-order chi connectivity index (χ1) is 13.8. The van der Waals surface area contributed by atoms with E-state index < -0.39 is 0 Å². The molecule has 29 heavy (non-hydrogen) atoms. The van der Waals surface area contributed by atoms with Crippen LogP contribution in [0, 0.1) is 57.7 Å². The van der Waals surface area contributed by atoms with Gasteiger partial charge in [-0.05, 0) is 97.9 Å². The standard InChI is InChI=1S/C26H34O3/c1-4-20(28)29-23-16-10-15(16)22-21-14-9-13(14)18-11-19(27)26(7-8-26)12-25(18,3)17(21)5-6-24(22,23)2/h11,13-17,21-23H,4-10,12H2,1-3H3/t13?,14?,15?,16?,17?,21?,22?,23?,24-,25?/m0/s1. The van der Waals surface area contributed by atoms with Crippen LogP contribution in [0.15, 0.2) is 11.6 Å². The van der Waals surface area contributed by atoms with Crippen LogP contribution in [0.4, 0.5) is 0 Å². The summed E-state index contributed by atoms with van der Waals surface area (Å²) in [5.41, 5.74) is 2.00. The molecular weight excluding hydrogens is 360 g/mol. The fourth-order valence-corrected chi connectivity index (χ4v) is 9.66. The predicted molar refractivity (Wildman–Crippen MR) is 109 cm³/mol. The summed E-state index contributed by atoms with van der Waals surface area (Å²) < 4.78 is 6.11. The highest BCUT2D eigenvalue weighted by molar-refractivity contribution is 5.99. The monoisotopic (exact) mass is 394 g/mol. The Labute approximate surface area is 174 Å². The number of carbonyl (C=O) groups excluding carboxylic acids is 2. The number of rotatable bonds is 2. The first-order valence-corrected chi connectivity index (χ1v) is 12.3. The topological polar surface area (TPSA) is 43.4 Å². The van der Waals surface area contributed by atoms with Gasteiger partial charge in [0.05, 0.1) is 0 Å². The van der Waals surface area contributed by atoms with Gasteiger partial charge in [-0.15, -0.1) is 0 Å². The van der Waals surface area contributed by atoms with Crippen molar-refractivity contribution in [1.29, 1.82) is 0 Å². The normalized spacial score (nSPS) is 56.9. The quantitative estimate of drug-likeness (QED) is 0.623. The van der Waals surface area contributed by atoms with Crippen molar-refractivity contribution in [2.45, 2.75) is 78.2 Å². The largest absolute Gasteiger partial charge is 0.461 e. The molecule has 0 saturated heterocycles. The smallest absolute Gasteiger partial charge is 0.305 e. The molecule has 3 heteroatoms. The predicted octanol–water partition coefficient (Wildman–Crippen LogP) is 4.94. The minimum absolute atomic E-state index is 0.00348. The summed E-state index contributed by atoms with van der Waals surface area (Å²) >= 11 is 0. The average Bonchev–Trinajstić information content (AvgIpc) is 3.55. The van der Waals surface area contributed by atoms with Crippen LogP contribution < -0.4 is 0 Å². The summed E-state index contributed by atoms with van der Waals surface area (Å²) in [5.74, 6) is 5.63. The summed E-state index contributed by atoms with van der Waals surface area (Å²) in [6.07, 6.45) is 11.2. The van der Waals surface area contributed by atoms with E-state index in [9.17, 15) is 9.59 Å². The molecular formula is C26H34O3. The number of allylic oxidation sites excluding steroid dienone is 1. The lowest BCUT2D eigenvalue weighted by molar-refractivity contribution is -0.164. The Morgan fingerprint density at radius 2 is 1.93 bits per heavy atom. The molecule has 0 radical (unpaired) electrons. The van der Waals surface area contributed by atoms with E-state index in [-0.39, 0.29) is 28.3 Å². The third-order valence-electron chi connectivity index (χ3n) is 11.2. The van der Waals surface area contributed by atoms with Gasteiger partial charge < -0.3 is 4.74 Å². The number of hydrogen-bond donors (Lipinski definition) is 0. The molecule has 10 atom stereocenters. The van der Waals surface area contributed by atoms with Crippen LogP contribution in [0.2, 0.25) is 0 Å². The number of hydrogen-bond acceptors (Lipinski definition) is 3. The highest BCUT2D eigenvalue weighted by atomic mass is 16.5. The number of ether oxygens (including phenoxy) is 1. The van der Waals surface area contributed by atoms with Gasteiger partial charge in [-0.2, -0.15) is 0 Å². The Balaban J connectivity index is 1.27. The second-order valence-electron chi connectivity index (χ2n) is 12.4. The van der Waals surface area contributed by atoms with Crippen molar-refractivity contribution in [2.24, 2.45) is 57.7 Å². The zero-order chi connectivity index (χ0) is 19.9. The number of fused-ring (bicyclic) bond motifs is 10. The van der Waals surface area contributed by atoms with Gasteiger partial charge in [0.2, 0.25) is 0 Å². The Kier molecular flexibility index (Phi) is 3.04. The fraction of sp³-hybridized carbons (Fsp3) is 0.846. The van der Waals surface area contributed by atoms with Gasteiger partial charge in [-0.25, -0.2) is 0 Å². The second-order valence-corrected chi connectivity index (χ2v) is 12.4. The molecule has 7 rings (SSSR count). The maximum absolute atomic E-state index is 12.8. The molecule has 6 fully saturated rings. The maximum Gasteiger partial charge on any atom is 0.305 e. The van der Waals surface area contributed by atoms with Crippen molar-refractivity contribution in [1.82, 2.24) is 0 Å². The van der Waals surface area contributed by atoms with E-state index in [1.54, 1.807) is 5.57 Å². The first kappa shape index (κ1) is 17.5. The van der Waals surface area contributed by atoms with Crippen LogP contribution in [-0.2, 0) is 14.3 Å². The van der Waals surface area contributed by atoms with Crippen molar-refractivity contribution >= 4 is 11.8 Å². The van der Waals surface area contributed by atoms with Gasteiger partial charge >= 0.3 is 5.97 Å². The highest BCUT2D eigenvalue weighted by Gasteiger charge is 2.76. The number of ketones is 1. The van der Waals surface area contributed by atoms with Gasteiger partial charge in [-0.1, -0.05) is 26.3 Å². The molecule has 0 bridgehead atoms. The Bertz CT molecular complexity index is 867. The van der Waals surface area contributed by atoms with Crippen LogP contribution in [0.25, 0.3) is 0 Å². The van der Waals surface area contributed by atoms with Crippen molar-refractivity contribution < 1.29 is 14.3 Å². The summed E-state index contributed by atoms with van der Waals surface area (Å²) in [4.78, 5) is 25.0. The molecule has 0 aromatic rings. The Morgan fingerprint density at radius 1 is 1.14 bits per heavy atom. The van der Waals surface area contributed by atoms with Crippen molar-refractivity contribution in [3.8, 4) is 0 Å². The van der Waals surface area contributed by atoms with Crippen molar-refractivity contribution in [3.63, 3.8) is 0 Å². The summed E-state index contributed by atoms with van der Waals surface area (Å²) in [7, 11) is 0. The van der Waals surface area contributed by atoms with Gasteiger partial charge in [-0.3, -0.25) is 9.59 Å². The molecule has 7 aliphatic carbocycles. The SMILES string of the molecule is CCC(=O)OC1C2CC2C2C3C4CC4C4=CC(=O)C5(CC5)CC4(C)C3CC[C@]12C. The molecule has 0 amide bonds. The van der Waals surface area contributed by atoms with E-state index in [0.29, 0.717) is 24.0 Å². The molecule has 3 nitrogen and oxygen atoms in total. The number of esters is 1. The fourth-order valence-electron chi connectivity index (χ4n) is 9.66. The van der Waals surface area contributed by atoms with Gasteiger partial charge in [0.1, 0.15) is 6.10 Å². The zero-order valence-electron chi connectivity index (χ0n) is 18.1. The van der Waals surface area contributed by atoms with E-state index >= 15 is 0 Å². The van der Waals surface area contributed by atoms with Crippen LogP contribution in [0.5, 0.6) is 0 Å². The third kappa shape index (κ3) is 1.97. The van der Waals surface area contributed by atoms with Gasteiger partial charge in [0, 0.05) is 17.3 Å². The van der Waals surface area contributed by atoms with Crippen LogP contribution in [0.1, 0.15) is 72.1 Å². The maximum atomic E-state index is 12.8. The highest BCUT2D eigenvalue weighted by Crippen LogP contribution is 2.80. The van der Waals surface area contributed by atoms with Gasteiger partial charge in [0.25, 0.3) is 0 Å². The third-order valence-corrected chi connectivity index (χ3v) is 11.2. The summed E-state index contributed by atoms with van der Waals surface area (Å²) in [5, 5.41) is 0. The summed E-state index contributed by atoms with van der Waals surface area (Å²) in [6.45, 7) is 6.92.